The topological polar surface area (TPSA) is 199 Å². The SMILES string of the molecule is CO/N=C/c1ccc(-c2cc(N(C)C)c3c(c2O)C(O)=C2C(=O)[C@]4(O)C(O)=C(C(N)=O)C(=O)C(N(C)C)[C@@H]4C[C@@H]2C3)o1. The number of fused-ring (bicyclic) bond motifs is 3. The van der Waals surface area contributed by atoms with Gasteiger partial charge in [0.05, 0.1) is 17.2 Å². The van der Waals surface area contributed by atoms with Crippen molar-refractivity contribution in [2.75, 3.05) is 40.2 Å². The van der Waals surface area contributed by atoms with Crippen LogP contribution in [0.5, 0.6) is 5.75 Å². The second-order valence-corrected chi connectivity index (χ2v) is 11.1. The van der Waals surface area contributed by atoms with Gasteiger partial charge in [0.15, 0.2) is 11.4 Å². The molecule has 0 radical (unpaired) electrons. The van der Waals surface area contributed by atoms with Gasteiger partial charge in [-0.15, -0.1) is 0 Å². The molecule has 222 valence electrons. The highest BCUT2D eigenvalue weighted by Gasteiger charge is 2.64. The third-order valence-electron chi connectivity index (χ3n) is 8.36. The van der Waals surface area contributed by atoms with Crippen LogP contribution in [0.15, 0.2) is 44.7 Å². The molecule has 1 aromatic carbocycles. The number of anilines is 1. The van der Waals surface area contributed by atoms with Crippen LogP contribution in [0.4, 0.5) is 5.69 Å². The molecule has 6 N–H and O–H groups in total. The van der Waals surface area contributed by atoms with E-state index in [1.54, 1.807) is 51.3 Å². The van der Waals surface area contributed by atoms with Crippen LogP contribution in [0.25, 0.3) is 17.1 Å². The van der Waals surface area contributed by atoms with Gasteiger partial charge in [-0.1, -0.05) is 5.16 Å². The van der Waals surface area contributed by atoms with E-state index in [2.05, 4.69) is 9.99 Å². The van der Waals surface area contributed by atoms with E-state index in [1.165, 1.54) is 18.2 Å². The van der Waals surface area contributed by atoms with Crippen LogP contribution >= 0.6 is 0 Å². The molecule has 1 aromatic heterocycles. The summed E-state index contributed by atoms with van der Waals surface area (Å²) < 4.78 is 5.79. The molecular formula is C29H32N4O9. The van der Waals surface area contributed by atoms with Gasteiger partial charge >= 0.3 is 0 Å². The summed E-state index contributed by atoms with van der Waals surface area (Å²) in [5.74, 6) is -6.50. The fourth-order valence-corrected chi connectivity index (χ4v) is 6.55. The number of amides is 1. The number of benzene rings is 1. The molecule has 4 atom stereocenters. The lowest BCUT2D eigenvalue weighted by molar-refractivity contribution is -0.153. The average molecular weight is 581 g/mol. The fourth-order valence-electron chi connectivity index (χ4n) is 6.55. The van der Waals surface area contributed by atoms with Gasteiger partial charge in [-0.05, 0) is 56.6 Å². The minimum atomic E-state index is -2.71. The number of hydrogen-bond donors (Lipinski definition) is 5. The zero-order valence-electron chi connectivity index (χ0n) is 23.7. The van der Waals surface area contributed by atoms with E-state index in [0.717, 1.165) is 0 Å². The summed E-state index contributed by atoms with van der Waals surface area (Å²) in [6.07, 6.45) is 1.51. The Bertz CT molecular complexity index is 1620. The van der Waals surface area contributed by atoms with E-state index in [4.69, 9.17) is 10.2 Å². The molecule has 13 heteroatoms. The monoisotopic (exact) mass is 580 g/mol. The Morgan fingerprint density at radius 2 is 1.88 bits per heavy atom. The molecule has 13 nitrogen and oxygen atoms in total. The number of carbonyl (C=O) groups is 3. The molecule has 5 rings (SSSR count). The van der Waals surface area contributed by atoms with Crippen LogP contribution in [0.3, 0.4) is 0 Å². The van der Waals surface area contributed by atoms with E-state index in [-0.39, 0.29) is 41.1 Å². The lowest BCUT2D eigenvalue weighted by atomic mass is 9.57. The van der Waals surface area contributed by atoms with Crippen LogP contribution in [0, 0.1) is 11.8 Å². The third-order valence-corrected chi connectivity index (χ3v) is 8.36. The highest BCUT2D eigenvalue weighted by molar-refractivity contribution is 6.24. The minimum absolute atomic E-state index is 0.00151. The van der Waals surface area contributed by atoms with E-state index >= 15 is 0 Å². The maximum atomic E-state index is 14.1. The third kappa shape index (κ3) is 3.99. The minimum Gasteiger partial charge on any atom is -0.508 e. The maximum absolute atomic E-state index is 14.1. The number of Topliss-reactive ketones (excluding diaryl/α,β-unsaturated/α-hetero) is 2. The van der Waals surface area contributed by atoms with E-state index in [0.29, 0.717) is 17.0 Å². The molecule has 0 aliphatic heterocycles. The number of aromatic hydroxyl groups is 1. The standard InChI is InChI=1S/C29H32N4O9/c1-32(2)17-10-15(18-7-6-13(42-18)11-31-41-5)23(34)20-14(17)8-12-9-16-22(33(3)4)25(36)21(28(30)39)27(38)29(16,40)26(37)19(12)24(20)35/h6-7,10-12,16,22,34-35,38,40H,8-9H2,1-5H3,(H2,30,39)/b31-11+/t12-,16-,22?,29-/m0/s1. The van der Waals surface area contributed by atoms with Crippen LogP contribution in [-0.4, -0.2) is 96.0 Å². The smallest absolute Gasteiger partial charge is 0.255 e. The van der Waals surface area contributed by atoms with Gasteiger partial charge in [-0.3, -0.25) is 19.3 Å². The van der Waals surface area contributed by atoms with Crippen LogP contribution < -0.4 is 10.6 Å². The molecule has 42 heavy (non-hydrogen) atoms. The summed E-state index contributed by atoms with van der Waals surface area (Å²) in [7, 11) is 8.05. The zero-order valence-corrected chi connectivity index (χ0v) is 23.7. The van der Waals surface area contributed by atoms with E-state index in [1.807, 2.05) is 0 Å². The van der Waals surface area contributed by atoms with Crippen molar-refractivity contribution in [2.24, 2.45) is 22.7 Å². The molecule has 1 fully saturated rings. The number of phenolic OH excluding ortho intramolecular Hbond substituents is 1. The van der Waals surface area contributed by atoms with Crippen molar-refractivity contribution in [2.45, 2.75) is 24.5 Å². The van der Waals surface area contributed by atoms with Gasteiger partial charge in [0.25, 0.3) is 5.91 Å². The summed E-state index contributed by atoms with van der Waals surface area (Å²) >= 11 is 0. The van der Waals surface area contributed by atoms with Gasteiger partial charge in [0.1, 0.15) is 47.7 Å². The van der Waals surface area contributed by atoms with Crippen molar-refractivity contribution in [1.82, 2.24) is 4.90 Å². The molecule has 1 amide bonds. The largest absolute Gasteiger partial charge is 0.508 e. The number of oxime groups is 1. The molecule has 2 aromatic rings. The van der Waals surface area contributed by atoms with Gasteiger partial charge in [0.2, 0.25) is 5.78 Å². The number of aliphatic hydroxyl groups is 3. The molecule has 0 saturated heterocycles. The van der Waals surface area contributed by atoms with Gasteiger partial charge in [-0.2, -0.15) is 0 Å². The second kappa shape index (κ2) is 10.0. The summed E-state index contributed by atoms with van der Waals surface area (Å²) in [6, 6.07) is 3.75. The second-order valence-electron chi connectivity index (χ2n) is 11.1. The van der Waals surface area contributed by atoms with E-state index < -0.39 is 58.0 Å². The number of nitrogens with zero attached hydrogens (tertiary/aromatic N) is 3. The zero-order chi connectivity index (χ0) is 30.8. The highest BCUT2D eigenvalue weighted by atomic mass is 16.6. The maximum Gasteiger partial charge on any atom is 0.255 e. The molecule has 1 heterocycles. The number of furan rings is 1. The highest BCUT2D eigenvalue weighted by Crippen LogP contribution is 2.55. The Balaban J connectivity index is 1.74. The molecule has 0 bridgehead atoms. The number of carbonyl (C=O) groups excluding carboxylic acids is 3. The Morgan fingerprint density at radius 1 is 1.19 bits per heavy atom. The summed E-state index contributed by atoms with van der Waals surface area (Å²) in [5.41, 5.74) is 2.94. The van der Waals surface area contributed by atoms with Crippen LogP contribution in [0.1, 0.15) is 23.3 Å². The number of nitrogens with two attached hydrogens (primary N) is 1. The van der Waals surface area contributed by atoms with Gasteiger partial charge in [-0.25, -0.2) is 0 Å². The quantitative estimate of drug-likeness (QED) is 0.187. The first kappa shape index (κ1) is 28.9. The predicted molar refractivity (Wildman–Crippen MR) is 151 cm³/mol. The fraction of sp³-hybridized carbons (Fsp3) is 0.379. The molecular weight excluding hydrogens is 548 g/mol. The number of ketones is 2. The van der Waals surface area contributed by atoms with Crippen LogP contribution in [0.2, 0.25) is 0 Å². The first-order chi connectivity index (χ1) is 19.7. The van der Waals surface area contributed by atoms with Crippen molar-refractivity contribution in [1.29, 1.82) is 0 Å². The van der Waals surface area contributed by atoms with Crippen molar-refractivity contribution >= 4 is 35.1 Å². The number of phenols is 1. The first-order valence-corrected chi connectivity index (χ1v) is 13.1. The molecule has 3 aliphatic carbocycles. The molecule has 1 unspecified atom stereocenters. The number of rotatable bonds is 6. The van der Waals surface area contributed by atoms with Crippen molar-refractivity contribution in [3.05, 3.63) is 52.0 Å². The number of hydrogen-bond acceptors (Lipinski definition) is 12. The van der Waals surface area contributed by atoms with Crippen molar-refractivity contribution < 1.29 is 44.1 Å². The van der Waals surface area contributed by atoms with Crippen molar-refractivity contribution in [3.63, 3.8) is 0 Å². The molecule has 1 saturated carbocycles. The summed E-state index contributed by atoms with van der Waals surface area (Å²) in [5, 5.41) is 49.6. The number of aliphatic hydroxyl groups excluding tert-OH is 2. The number of likely N-dealkylation sites (N-methyl/N-ethyl adjacent to an activating group) is 1. The van der Waals surface area contributed by atoms with Crippen LogP contribution in [-0.2, 0) is 25.6 Å². The molecule has 3 aliphatic rings. The Morgan fingerprint density at radius 3 is 2.48 bits per heavy atom. The Labute approximate surface area is 240 Å². The summed E-state index contributed by atoms with van der Waals surface area (Å²) in [4.78, 5) is 47.5. The first-order valence-electron chi connectivity index (χ1n) is 13.1. The Kier molecular flexibility index (Phi) is 6.90. The lowest BCUT2D eigenvalue weighted by Gasteiger charge is -2.50. The van der Waals surface area contributed by atoms with E-state index in [9.17, 15) is 34.8 Å². The van der Waals surface area contributed by atoms with Gasteiger partial charge < -0.3 is 40.3 Å². The number of primary amides is 1. The normalized spacial score (nSPS) is 25.5. The van der Waals surface area contributed by atoms with Crippen molar-refractivity contribution in [3.8, 4) is 17.1 Å². The lowest BCUT2D eigenvalue weighted by Crippen LogP contribution is -2.65. The molecule has 0 spiro atoms. The predicted octanol–water partition coefficient (Wildman–Crippen LogP) is 1.27. The average Bonchev–Trinajstić information content (AvgIpc) is 3.37. The summed E-state index contributed by atoms with van der Waals surface area (Å²) in [6.45, 7) is 0. The van der Waals surface area contributed by atoms with Gasteiger partial charge in [0, 0.05) is 31.3 Å². The Hall–Kier alpha value is -4.62.